The number of hydrogen-bond acceptors (Lipinski definition) is 4. The molecule has 21 heavy (non-hydrogen) atoms. The second-order valence-corrected chi connectivity index (χ2v) is 7.18. The Balaban J connectivity index is 2.33. The van der Waals surface area contributed by atoms with Crippen molar-refractivity contribution in [3.8, 4) is 0 Å². The van der Waals surface area contributed by atoms with E-state index in [0.717, 1.165) is 0 Å². The number of nitrogens with two attached hydrogens (primary N) is 1. The van der Waals surface area contributed by atoms with Gasteiger partial charge in [-0.25, -0.2) is 8.42 Å². The molecule has 6 nitrogen and oxygen atoms in total. The Morgan fingerprint density at radius 1 is 1.43 bits per heavy atom. The normalized spacial score (nSPS) is 20.2. The zero-order valence-corrected chi connectivity index (χ0v) is 13.1. The van der Waals surface area contributed by atoms with E-state index in [1.54, 1.807) is 32.2 Å². The number of nitrogens with one attached hydrogen (secondary N) is 1. The van der Waals surface area contributed by atoms with Crippen LogP contribution in [0.4, 0.5) is 5.69 Å². The zero-order valence-electron chi connectivity index (χ0n) is 12.3. The first-order chi connectivity index (χ1) is 9.87. The molecule has 0 aromatic heterocycles. The molecule has 0 saturated carbocycles. The minimum Gasteiger partial charge on any atom is -0.398 e. The van der Waals surface area contributed by atoms with Crippen LogP contribution in [0.15, 0.2) is 23.1 Å². The van der Waals surface area contributed by atoms with E-state index in [0.29, 0.717) is 24.9 Å². The van der Waals surface area contributed by atoms with Crippen molar-refractivity contribution in [3.63, 3.8) is 0 Å². The summed E-state index contributed by atoms with van der Waals surface area (Å²) in [6.45, 7) is 2.35. The monoisotopic (exact) mass is 311 g/mol. The first-order valence-electron chi connectivity index (χ1n) is 6.94. The number of benzene rings is 1. The summed E-state index contributed by atoms with van der Waals surface area (Å²) in [5, 5.41) is 2.58. The van der Waals surface area contributed by atoms with Crippen molar-refractivity contribution in [2.24, 2.45) is 5.92 Å². The van der Waals surface area contributed by atoms with E-state index >= 15 is 0 Å². The van der Waals surface area contributed by atoms with Gasteiger partial charge in [0.2, 0.25) is 15.9 Å². The number of amides is 1. The number of rotatable bonds is 3. The summed E-state index contributed by atoms with van der Waals surface area (Å²) >= 11 is 0. The molecule has 1 aliphatic heterocycles. The van der Waals surface area contributed by atoms with Crippen LogP contribution in [0.25, 0.3) is 0 Å². The molecule has 1 amide bonds. The lowest BCUT2D eigenvalue weighted by molar-refractivity contribution is -0.125. The number of nitrogen functional groups attached to an aromatic ring is 1. The maximum absolute atomic E-state index is 12.8. The topological polar surface area (TPSA) is 92.5 Å². The van der Waals surface area contributed by atoms with E-state index in [1.807, 2.05) is 0 Å². The highest BCUT2D eigenvalue weighted by atomic mass is 32.2. The molecule has 1 heterocycles. The smallest absolute Gasteiger partial charge is 0.245 e. The molecule has 1 fully saturated rings. The van der Waals surface area contributed by atoms with E-state index in [9.17, 15) is 13.2 Å². The van der Waals surface area contributed by atoms with Crippen molar-refractivity contribution in [2.45, 2.75) is 24.7 Å². The van der Waals surface area contributed by atoms with Gasteiger partial charge < -0.3 is 11.1 Å². The molecular formula is C14H21N3O3S. The van der Waals surface area contributed by atoms with Gasteiger partial charge in [-0.05, 0) is 31.4 Å². The Morgan fingerprint density at radius 3 is 2.76 bits per heavy atom. The van der Waals surface area contributed by atoms with Gasteiger partial charge in [0.1, 0.15) is 4.90 Å². The zero-order chi connectivity index (χ0) is 15.6. The molecular weight excluding hydrogens is 290 g/mol. The van der Waals surface area contributed by atoms with E-state index in [1.165, 1.54) is 4.31 Å². The third kappa shape index (κ3) is 3.03. The summed E-state index contributed by atoms with van der Waals surface area (Å²) in [4.78, 5) is 11.9. The molecule has 3 N–H and O–H groups in total. The number of carbonyl (C=O) groups excluding carboxylic acids is 1. The van der Waals surface area contributed by atoms with Gasteiger partial charge in [-0.15, -0.1) is 0 Å². The number of piperidine rings is 1. The second-order valence-electron chi connectivity index (χ2n) is 5.31. The third-order valence-corrected chi connectivity index (χ3v) is 5.93. The molecule has 1 atom stereocenters. The molecule has 1 aromatic carbocycles. The molecule has 2 rings (SSSR count). The average molecular weight is 311 g/mol. The number of sulfonamides is 1. The van der Waals surface area contributed by atoms with Gasteiger partial charge >= 0.3 is 0 Å². The third-order valence-electron chi connectivity index (χ3n) is 3.84. The fraction of sp³-hybridized carbons (Fsp3) is 0.500. The SMILES string of the molecule is CNC(=O)C1CCCN(S(=O)(=O)c2c(C)cccc2N)C1. The van der Waals surface area contributed by atoms with Gasteiger partial charge in [-0.3, -0.25) is 4.79 Å². The van der Waals surface area contributed by atoms with Gasteiger partial charge in [0.15, 0.2) is 0 Å². The lowest BCUT2D eigenvalue weighted by Gasteiger charge is -2.31. The van der Waals surface area contributed by atoms with Crippen molar-refractivity contribution < 1.29 is 13.2 Å². The van der Waals surface area contributed by atoms with Crippen molar-refractivity contribution in [2.75, 3.05) is 25.9 Å². The summed E-state index contributed by atoms with van der Waals surface area (Å²) in [7, 11) is -2.11. The van der Waals surface area contributed by atoms with Crippen LogP contribution in [0.5, 0.6) is 0 Å². The minimum absolute atomic E-state index is 0.118. The number of hydrogen-bond donors (Lipinski definition) is 2. The first kappa shape index (κ1) is 15.8. The predicted molar refractivity (Wildman–Crippen MR) is 81.1 cm³/mol. The second kappa shape index (κ2) is 6.03. The quantitative estimate of drug-likeness (QED) is 0.805. The number of nitrogens with zero attached hydrogens (tertiary/aromatic N) is 1. The number of aryl methyl sites for hydroxylation is 1. The van der Waals surface area contributed by atoms with Crippen LogP contribution < -0.4 is 11.1 Å². The van der Waals surface area contributed by atoms with Gasteiger partial charge in [0.05, 0.1) is 11.6 Å². The van der Waals surface area contributed by atoms with E-state index < -0.39 is 10.0 Å². The molecule has 116 valence electrons. The lowest BCUT2D eigenvalue weighted by atomic mass is 9.99. The molecule has 1 unspecified atom stereocenters. The lowest BCUT2D eigenvalue weighted by Crippen LogP contribution is -2.45. The molecule has 0 spiro atoms. The van der Waals surface area contributed by atoms with Crippen molar-refractivity contribution in [3.05, 3.63) is 23.8 Å². The fourth-order valence-corrected chi connectivity index (χ4v) is 4.58. The molecule has 0 aliphatic carbocycles. The van der Waals surface area contributed by atoms with E-state index in [4.69, 9.17) is 5.73 Å². The molecule has 0 radical (unpaired) electrons. The maximum atomic E-state index is 12.8. The Bertz CT molecular complexity index is 623. The van der Waals surface area contributed by atoms with Crippen LogP contribution in [0, 0.1) is 12.8 Å². The highest BCUT2D eigenvalue weighted by Gasteiger charge is 2.34. The summed E-state index contributed by atoms with van der Waals surface area (Å²) < 4.78 is 27.0. The van der Waals surface area contributed by atoms with E-state index in [-0.39, 0.29) is 29.0 Å². The van der Waals surface area contributed by atoms with E-state index in [2.05, 4.69) is 5.32 Å². The minimum atomic E-state index is -3.67. The van der Waals surface area contributed by atoms with Crippen LogP contribution in [-0.4, -0.2) is 38.8 Å². The number of carbonyl (C=O) groups is 1. The van der Waals surface area contributed by atoms with Gasteiger partial charge in [0.25, 0.3) is 0 Å². The van der Waals surface area contributed by atoms with Crippen LogP contribution in [0.1, 0.15) is 18.4 Å². The molecule has 0 bridgehead atoms. The van der Waals surface area contributed by atoms with Crippen LogP contribution in [0.2, 0.25) is 0 Å². The van der Waals surface area contributed by atoms with Gasteiger partial charge in [-0.2, -0.15) is 4.31 Å². The molecule has 1 aromatic rings. The van der Waals surface area contributed by atoms with Crippen molar-refractivity contribution in [1.29, 1.82) is 0 Å². The fourth-order valence-electron chi connectivity index (χ4n) is 2.74. The predicted octanol–water partition coefficient (Wildman–Crippen LogP) is 0.724. The molecule has 1 saturated heterocycles. The van der Waals surface area contributed by atoms with Crippen molar-refractivity contribution in [1.82, 2.24) is 9.62 Å². The summed E-state index contributed by atoms with van der Waals surface area (Å²) in [5.41, 5.74) is 6.72. The average Bonchev–Trinajstić information content (AvgIpc) is 2.46. The summed E-state index contributed by atoms with van der Waals surface area (Å²) in [6.07, 6.45) is 1.37. The maximum Gasteiger partial charge on any atom is 0.245 e. The highest BCUT2D eigenvalue weighted by molar-refractivity contribution is 7.89. The van der Waals surface area contributed by atoms with Crippen LogP contribution in [0.3, 0.4) is 0 Å². The number of anilines is 1. The first-order valence-corrected chi connectivity index (χ1v) is 8.38. The molecule has 7 heteroatoms. The Morgan fingerprint density at radius 2 is 2.14 bits per heavy atom. The van der Waals surface area contributed by atoms with Gasteiger partial charge in [0, 0.05) is 20.1 Å². The highest BCUT2D eigenvalue weighted by Crippen LogP contribution is 2.29. The summed E-state index contributed by atoms with van der Waals surface area (Å²) in [5.74, 6) is -0.420. The molecule has 1 aliphatic rings. The van der Waals surface area contributed by atoms with Crippen molar-refractivity contribution >= 4 is 21.6 Å². The Kier molecular flexibility index (Phi) is 4.53. The largest absolute Gasteiger partial charge is 0.398 e. The van der Waals surface area contributed by atoms with Crippen LogP contribution >= 0.6 is 0 Å². The summed E-state index contributed by atoms with van der Waals surface area (Å²) in [6, 6.07) is 5.04. The van der Waals surface area contributed by atoms with Crippen LogP contribution in [-0.2, 0) is 14.8 Å². The Hall–Kier alpha value is -1.60. The van der Waals surface area contributed by atoms with Gasteiger partial charge in [-0.1, -0.05) is 12.1 Å². The standard InChI is InChI=1S/C14H21N3O3S/c1-10-5-3-7-12(15)13(10)21(19,20)17-8-4-6-11(9-17)14(18)16-2/h3,5,7,11H,4,6,8-9,15H2,1-2H3,(H,16,18). The Labute approximate surface area is 125 Å².